The van der Waals surface area contributed by atoms with E-state index in [2.05, 4.69) is 4.98 Å². The van der Waals surface area contributed by atoms with Gasteiger partial charge in [-0.2, -0.15) is 0 Å². The smallest absolute Gasteiger partial charge is 0.328 e. The number of aromatic nitrogens is 2. The van der Waals surface area contributed by atoms with E-state index in [1.54, 1.807) is 4.90 Å². The second-order valence-electron chi connectivity index (χ2n) is 7.84. The Hall–Kier alpha value is -3.16. The molecule has 3 saturated heterocycles. The quantitative estimate of drug-likeness (QED) is 0.802. The van der Waals surface area contributed by atoms with Crippen molar-refractivity contribution < 1.29 is 9.59 Å². The van der Waals surface area contributed by atoms with Crippen LogP contribution in [-0.4, -0.2) is 50.3 Å². The molecule has 0 saturated carbocycles. The summed E-state index contributed by atoms with van der Waals surface area (Å²) in [5.41, 5.74) is 0.340. The van der Waals surface area contributed by atoms with E-state index in [-0.39, 0.29) is 35.8 Å². The van der Waals surface area contributed by atoms with Gasteiger partial charge in [-0.1, -0.05) is 30.3 Å². The van der Waals surface area contributed by atoms with Gasteiger partial charge in [-0.25, -0.2) is 4.79 Å². The number of hydrogen-bond acceptors (Lipinski definition) is 4. The highest BCUT2D eigenvalue weighted by Crippen LogP contribution is 2.30. The number of hydrogen-bond donors (Lipinski definition) is 1. The molecule has 8 nitrogen and oxygen atoms in total. The van der Waals surface area contributed by atoms with Crippen molar-refractivity contribution >= 4 is 11.8 Å². The van der Waals surface area contributed by atoms with Crippen molar-refractivity contribution in [1.29, 1.82) is 0 Å². The normalized spacial score (nSPS) is 21.3. The van der Waals surface area contributed by atoms with E-state index in [0.29, 0.717) is 19.6 Å². The van der Waals surface area contributed by atoms with Crippen LogP contribution in [-0.2, 0) is 29.6 Å². The number of carbonyl (C=O) groups excluding carboxylic acids is 2. The zero-order valence-corrected chi connectivity index (χ0v) is 16.3. The van der Waals surface area contributed by atoms with Gasteiger partial charge in [-0.15, -0.1) is 0 Å². The van der Waals surface area contributed by atoms with Crippen molar-refractivity contribution in [2.75, 3.05) is 13.1 Å². The molecule has 1 aromatic heterocycles. The number of amides is 2. The maximum atomic E-state index is 13.0. The van der Waals surface area contributed by atoms with E-state index in [0.717, 1.165) is 23.0 Å². The molecule has 0 radical (unpaired) electrons. The molecule has 0 spiro atoms. The van der Waals surface area contributed by atoms with Gasteiger partial charge in [-0.05, 0) is 18.4 Å². The van der Waals surface area contributed by atoms with E-state index in [9.17, 15) is 19.2 Å². The van der Waals surface area contributed by atoms with E-state index in [4.69, 9.17) is 0 Å². The number of rotatable bonds is 4. The molecule has 2 atom stereocenters. The van der Waals surface area contributed by atoms with Gasteiger partial charge >= 0.3 is 5.69 Å². The van der Waals surface area contributed by atoms with Gasteiger partial charge in [0.25, 0.3) is 5.56 Å². The Morgan fingerprint density at radius 1 is 1.10 bits per heavy atom. The van der Waals surface area contributed by atoms with Crippen LogP contribution < -0.4 is 11.2 Å². The van der Waals surface area contributed by atoms with Crippen molar-refractivity contribution in [3.05, 3.63) is 68.5 Å². The lowest BCUT2D eigenvalue weighted by molar-refractivity contribution is -0.140. The van der Waals surface area contributed by atoms with Gasteiger partial charge < -0.3 is 14.8 Å². The van der Waals surface area contributed by atoms with Gasteiger partial charge in [-0.3, -0.25) is 19.0 Å². The van der Waals surface area contributed by atoms with Crippen molar-refractivity contribution in [3.8, 4) is 0 Å². The molecule has 2 bridgehead atoms. The summed E-state index contributed by atoms with van der Waals surface area (Å²) >= 11 is 0. The summed E-state index contributed by atoms with van der Waals surface area (Å²) in [6.45, 7) is 1.39. The Balaban J connectivity index is 1.51. The molecule has 2 aromatic rings. The molecule has 2 unspecified atom stereocenters. The first kappa shape index (κ1) is 19.2. The SMILES string of the molecule is Cn1c(=O)[nH]cc(CC(=O)N2CC3CCC(C2)N(Cc2ccccc2)C3=O)c1=O. The fourth-order valence-corrected chi connectivity index (χ4v) is 4.25. The van der Waals surface area contributed by atoms with Crippen LogP contribution in [0.1, 0.15) is 24.0 Å². The highest BCUT2D eigenvalue weighted by atomic mass is 16.2. The monoisotopic (exact) mass is 396 g/mol. The van der Waals surface area contributed by atoms with Crippen LogP contribution in [0.15, 0.2) is 46.1 Å². The molecule has 3 aliphatic heterocycles. The minimum Gasteiger partial charge on any atom is -0.340 e. The molecule has 4 heterocycles. The lowest BCUT2D eigenvalue weighted by atomic mass is 9.93. The van der Waals surface area contributed by atoms with Crippen LogP contribution in [0.5, 0.6) is 0 Å². The second-order valence-corrected chi connectivity index (χ2v) is 7.84. The summed E-state index contributed by atoms with van der Waals surface area (Å²) < 4.78 is 0.958. The van der Waals surface area contributed by atoms with Gasteiger partial charge in [0, 0.05) is 44.5 Å². The first-order valence-corrected chi connectivity index (χ1v) is 9.84. The van der Waals surface area contributed by atoms with Crippen LogP contribution in [0.2, 0.25) is 0 Å². The van der Waals surface area contributed by atoms with Crippen LogP contribution in [0.4, 0.5) is 0 Å². The number of fused-ring (bicyclic) bond motifs is 4. The highest BCUT2D eigenvalue weighted by molar-refractivity contribution is 5.84. The van der Waals surface area contributed by atoms with Crippen LogP contribution in [0.3, 0.4) is 0 Å². The van der Waals surface area contributed by atoms with Crippen LogP contribution in [0.25, 0.3) is 0 Å². The molecule has 3 fully saturated rings. The molecule has 1 aromatic carbocycles. The molecular formula is C21H24N4O4. The Morgan fingerprint density at radius 2 is 1.86 bits per heavy atom. The van der Waals surface area contributed by atoms with Crippen molar-refractivity contribution in [1.82, 2.24) is 19.4 Å². The summed E-state index contributed by atoms with van der Waals surface area (Å²) in [7, 11) is 1.38. The molecule has 2 amide bonds. The minimum absolute atomic E-state index is 0.0242. The number of nitrogens with one attached hydrogen (secondary N) is 1. The van der Waals surface area contributed by atoms with Crippen LogP contribution in [0, 0.1) is 5.92 Å². The van der Waals surface area contributed by atoms with Gasteiger partial charge in [0.15, 0.2) is 0 Å². The van der Waals surface area contributed by atoms with Crippen LogP contribution >= 0.6 is 0 Å². The number of H-pyrrole nitrogens is 1. The minimum atomic E-state index is -0.513. The molecule has 3 aliphatic rings. The lowest BCUT2D eigenvalue weighted by Gasteiger charge is -2.36. The third kappa shape index (κ3) is 3.74. The highest BCUT2D eigenvalue weighted by Gasteiger charge is 2.41. The molecule has 1 N–H and O–H groups in total. The summed E-state index contributed by atoms with van der Waals surface area (Å²) in [5, 5.41) is 0. The zero-order chi connectivity index (χ0) is 20.5. The molecular weight excluding hydrogens is 372 g/mol. The molecule has 152 valence electrons. The molecule has 8 heteroatoms. The maximum Gasteiger partial charge on any atom is 0.328 e. The number of benzene rings is 1. The molecule has 29 heavy (non-hydrogen) atoms. The van der Waals surface area contributed by atoms with Gasteiger partial charge in [0.05, 0.1) is 12.3 Å². The first-order valence-electron chi connectivity index (χ1n) is 9.84. The maximum absolute atomic E-state index is 13.0. The second kappa shape index (κ2) is 7.69. The molecule has 0 aliphatic carbocycles. The summed E-state index contributed by atoms with van der Waals surface area (Å²) in [6, 6.07) is 9.83. The number of piperidine rings is 1. The van der Waals surface area contributed by atoms with Gasteiger partial charge in [0.1, 0.15) is 0 Å². The largest absolute Gasteiger partial charge is 0.340 e. The van der Waals surface area contributed by atoms with E-state index in [1.807, 2.05) is 35.2 Å². The third-order valence-corrected chi connectivity index (χ3v) is 5.94. The predicted molar refractivity (Wildman–Crippen MR) is 106 cm³/mol. The van der Waals surface area contributed by atoms with Crippen molar-refractivity contribution in [3.63, 3.8) is 0 Å². The summed E-state index contributed by atoms with van der Waals surface area (Å²) in [5.74, 6) is -0.305. The standard InChI is InChI=1S/C21H24N4O4/c1-23-19(27)16(10-22-21(23)29)9-18(26)24-12-15-7-8-17(13-24)25(20(15)28)11-14-5-3-2-4-6-14/h2-6,10,15,17H,7-9,11-13H2,1H3,(H,22,29). The summed E-state index contributed by atoms with van der Waals surface area (Å²) in [6.07, 6.45) is 2.87. The molecule has 5 rings (SSSR count). The van der Waals surface area contributed by atoms with Gasteiger partial charge in [0.2, 0.25) is 11.8 Å². The summed E-state index contributed by atoms with van der Waals surface area (Å²) in [4.78, 5) is 55.7. The Morgan fingerprint density at radius 3 is 2.62 bits per heavy atom. The average molecular weight is 396 g/mol. The fraction of sp³-hybridized carbons (Fsp3) is 0.429. The van der Waals surface area contributed by atoms with Crippen molar-refractivity contribution in [2.45, 2.75) is 31.8 Å². The first-order chi connectivity index (χ1) is 13.9. The Bertz CT molecular complexity index is 1040. The fourth-order valence-electron chi connectivity index (χ4n) is 4.25. The average Bonchev–Trinajstić information content (AvgIpc) is 3.02. The number of nitrogens with zero attached hydrogens (tertiary/aromatic N) is 3. The lowest BCUT2D eigenvalue weighted by Crippen LogP contribution is -2.47. The topological polar surface area (TPSA) is 95.5 Å². The Labute approximate surface area is 167 Å². The Kier molecular flexibility index (Phi) is 5.08. The predicted octanol–water partition coefficient (Wildman–Crippen LogP) is 0.266. The van der Waals surface area contributed by atoms with E-state index >= 15 is 0 Å². The van der Waals surface area contributed by atoms with E-state index in [1.165, 1.54) is 13.2 Å². The number of carbonyl (C=O) groups is 2. The number of aromatic amines is 1. The third-order valence-electron chi connectivity index (χ3n) is 5.94. The van der Waals surface area contributed by atoms with Crippen molar-refractivity contribution in [2.24, 2.45) is 13.0 Å². The van der Waals surface area contributed by atoms with E-state index < -0.39 is 11.2 Å². The zero-order valence-electron chi connectivity index (χ0n) is 16.3.